The Kier molecular flexibility index (Phi) is 5.13. The zero-order valence-corrected chi connectivity index (χ0v) is 11.1. The molecule has 1 atom stereocenters. The highest BCUT2D eigenvalue weighted by Crippen LogP contribution is 2.32. The van der Waals surface area contributed by atoms with Gasteiger partial charge >= 0.3 is 0 Å². The lowest BCUT2D eigenvalue weighted by Crippen LogP contribution is -2.33. The van der Waals surface area contributed by atoms with E-state index >= 15 is 0 Å². The van der Waals surface area contributed by atoms with Crippen LogP contribution in [0.1, 0.15) is 13.3 Å². The lowest BCUT2D eigenvalue weighted by atomic mass is 10.0. The van der Waals surface area contributed by atoms with Crippen LogP contribution < -0.4 is 0 Å². The van der Waals surface area contributed by atoms with Crippen molar-refractivity contribution < 1.29 is 24.5 Å². The second-order valence-corrected chi connectivity index (χ2v) is 4.55. The van der Waals surface area contributed by atoms with Crippen LogP contribution >= 0.6 is 0 Å². The number of carbonyl (C=O) groups excluding carboxylic acids is 1. The van der Waals surface area contributed by atoms with E-state index in [4.69, 9.17) is 9.47 Å². The number of Topliss-reactive ketones (excluding diaryl/α,β-unsaturated/α-hetero) is 1. The van der Waals surface area contributed by atoms with Gasteiger partial charge in [-0.25, -0.2) is 0 Å². The van der Waals surface area contributed by atoms with Gasteiger partial charge in [0, 0.05) is 33.7 Å². The minimum Gasteiger partial charge on any atom is -0.503 e. The van der Waals surface area contributed by atoms with Crippen molar-refractivity contribution in [2.45, 2.75) is 18.9 Å². The number of aliphatic hydroxyl groups excluding tert-OH is 1. The van der Waals surface area contributed by atoms with Crippen LogP contribution in [0.25, 0.3) is 0 Å². The van der Waals surface area contributed by atoms with E-state index in [1.807, 2.05) is 4.90 Å². The molecule has 0 aromatic carbocycles. The summed E-state index contributed by atoms with van der Waals surface area (Å²) in [7, 11) is 3.16. The van der Waals surface area contributed by atoms with E-state index in [1.165, 1.54) is 6.92 Å². The van der Waals surface area contributed by atoms with Crippen molar-refractivity contribution in [3.63, 3.8) is 0 Å². The zero-order valence-electron chi connectivity index (χ0n) is 11.1. The van der Waals surface area contributed by atoms with Crippen LogP contribution in [0.4, 0.5) is 0 Å². The topological polar surface area (TPSA) is 79.2 Å². The highest BCUT2D eigenvalue weighted by atomic mass is 16.5. The molecule has 0 fully saturated rings. The standard InChI is InChI=1S/C12H21NO5/c1-12(16)8-9(10(14)11(12)15)13(4-6-17-2)5-7-18-3/h14,16H,4-8H2,1-3H3. The van der Waals surface area contributed by atoms with Crippen LogP contribution in [0.15, 0.2) is 11.5 Å². The molecular weight excluding hydrogens is 238 g/mol. The quantitative estimate of drug-likeness (QED) is 0.674. The first-order valence-corrected chi connectivity index (χ1v) is 5.86. The molecule has 0 amide bonds. The predicted molar refractivity (Wildman–Crippen MR) is 65.2 cm³/mol. The third-order valence-electron chi connectivity index (χ3n) is 3.00. The van der Waals surface area contributed by atoms with E-state index in [0.29, 0.717) is 32.0 Å². The van der Waals surface area contributed by atoms with Crippen LogP contribution in [0, 0.1) is 0 Å². The van der Waals surface area contributed by atoms with Gasteiger partial charge in [0.15, 0.2) is 5.76 Å². The summed E-state index contributed by atoms with van der Waals surface area (Å²) in [4.78, 5) is 13.4. The van der Waals surface area contributed by atoms with Gasteiger partial charge in [0.1, 0.15) is 5.60 Å². The van der Waals surface area contributed by atoms with Crippen molar-refractivity contribution in [3.8, 4) is 0 Å². The van der Waals surface area contributed by atoms with E-state index in [2.05, 4.69) is 0 Å². The number of hydrogen-bond donors (Lipinski definition) is 2. The van der Waals surface area contributed by atoms with E-state index in [-0.39, 0.29) is 12.2 Å². The van der Waals surface area contributed by atoms with Crippen molar-refractivity contribution in [2.24, 2.45) is 0 Å². The van der Waals surface area contributed by atoms with Gasteiger partial charge in [0.05, 0.1) is 18.9 Å². The fraction of sp³-hybridized carbons (Fsp3) is 0.750. The summed E-state index contributed by atoms with van der Waals surface area (Å²) in [6, 6.07) is 0. The summed E-state index contributed by atoms with van der Waals surface area (Å²) >= 11 is 0. The van der Waals surface area contributed by atoms with Crippen LogP contribution in [0.2, 0.25) is 0 Å². The predicted octanol–water partition coefficient (Wildman–Crippen LogP) is 0.0746. The molecule has 0 heterocycles. The second-order valence-electron chi connectivity index (χ2n) is 4.55. The zero-order chi connectivity index (χ0) is 13.8. The average Bonchev–Trinajstić information content (AvgIpc) is 2.53. The molecule has 0 aliphatic heterocycles. The number of aliphatic hydroxyl groups is 2. The molecule has 1 rings (SSSR count). The fourth-order valence-corrected chi connectivity index (χ4v) is 1.92. The number of methoxy groups -OCH3 is 2. The van der Waals surface area contributed by atoms with Gasteiger partial charge in [-0.2, -0.15) is 0 Å². The maximum Gasteiger partial charge on any atom is 0.230 e. The largest absolute Gasteiger partial charge is 0.503 e. The van der Waals surface area contributed by atoms with Crippen molar-refractivity contribution in [3.05, 3.63) is 11.5 Å². The van der Waals surface area contributed by atoms with Crippen LogP contribution in [-0.2, 0) is 14.3 Å². The Hall–Kier alpha value is -1.11. The summed E-state index contributed by atoms with van der Waals surface area (Å²) in [5, 5.41) is 19.7. The Morgan fingerprint density at radius 2 is 1.78 bits per heavy atom. The fourth-order valence-electron chi connectivity index (χ4n) is 1.92. The number of ether oxygens (including phenoxy) is 2. The van der Waals surface area contributed by atoms with Gasteiger partial charge < -0.3 is 24.6 Å². The van der Waals surface area contributed by atoms with Gasteiger partial charge in [-0.1, -0.05) is 0 Å². The minimum absolute atomic E-state index is 0.116. The SMILES string of the molecule is COCCN(CCOC)C1=C(O)C(=O)C(C)(O)C1. The molecule has 6 heteroatoms. The lowest BCUT2D eigenvalue weighted by Gasteiger charge is -2.26. The van der Waals surface area contributed by atoms with E-state index < -0.39 is 11.4 Å². The maximum absolute atomic E-state index is 11.6. The van der Waals surface area contributed by atoms with Gasteiger partial charge in [-0.3, -0.25) is 4.79 Å². The molecule has 0 spiro atoms. The van der Waals surface area contributed by atoms with E-state index in [0.717, 1.165) is 0 Å². The summed E-state index contributed by atoms with van der Waals surface area (Å²) in [6.45, 7) is 3.41. The normalized spacial score (nSPS) is 23.9. The summed E-state index contributed by atoms with van der Waals surface area (Å²) in [6.07, 6.45) is 0.116. The van der Waals surface area contributed by atoms with Gasteiger partial charge in [-0.15, -0.1) is 0 Å². The molecule has 0 saturated heterocycles. The van der Waals surface area contributed by atoms with E-state index in [9.17, 15) is 15.0 Å². The van der Waals surface area contributed by atoms with Gasteiger partial charge in [0.25, 0.3) is 0 Å². The van der Waals surface area contributed by atoms with Crippen molar-refractivity contribution in [2.75, 3.05) is 40.5 Å². The first-order valence-electron chi connectivity index (χ1n) is 5.86. The Morgan fingerprint density at radius 1 is 1.28 bits per heavy atom. The molecule has 1 aliphatic rings. The average molecular weight is 259 g/mol. The van der Waals surface area contributed by atoms with Crippen molar-refractivity contribution in [1.29, 1.82) is 0 Å². The molecule has 0 aromatic heterocycles. The Morgan fingerprint density at radius 3 is 2.11 bits per heavy atom. The first-order chi connectivity index (χ1) is 8.44. The molecule has 0 aromatic rings. The molecule has 1 unspecified atom stereocenters. The molecule has 0 saturated carbocycles. The number of rotatable bonds is 7. The van der Waals surface area contributed by atoms with E-state index in [1.54, 1.807) is 14.2 Å². The Labute approximate surface area is 107 Å². The monoisotopic (exact) mass is 259 g/mol. The maximum atomic E-state index is 11.6. The third kappa shape index (κ3) is 3.22. The van der Waals surface area contributed by atoms with Crippen molar-refractivity contribution in [1.82, 2.24) is 4.90 Å². The molecule has 2 N–H and O–H groups in total. The molecule has 0 bridgehead atoms. The number of carbonyl (C=O) groups is 1. The molecule has 18 heavy (non-hydrogen) atoms. The molecule has 1 aliphatic carbocycles. The molecule has 104 valence electrons. The lowest BCUT2D eigenvalue weighted by molar-refractivity contribution is -0.132. The number of hydrogen-bond acceptors (Lipinski definition) is 6. The number of ketones is 1. The van der Waals surface area contributed by atoms with Crippen molar-refractivity contribution >= 4 is 5.78 Å². The molecule has 6 nitrogen and oxygen atoms in total. The highest BCUT2D eigenvalue weighted by Gasteiger charge is 2.43. The summed E-state index contributed by atoms with van der Waals surface area (Å²) in [5.74, 6) is -0.982. The first kappa shape index (κ1) is 14.9. The Bertz CT molecular complexity index is 329. The highest BCUT2D eigenvalue weighted by molar-refractivity contribution is 6.02. The Balaban J connectivity index is 2.81. The van der Waals surface area contributed by atoms with Crippen LogP contribution in [0.5, 0.6) is 0 Å². The number of nitrogens with zero attached hydrogens (tertiary/aromatic N) is 1. The smallest absolute Gasteiger partial charge is 0.230 e. The minimum atomic E-state index is -1.52. The molecular formula is C12H21NO5. The third-order valence-corrected chi connectivity index (χ3v) is 3.00. The van der Waals surface area contributed by atoms with Crippen LogP contribution in [-0.4, -0.2) is 67.0 Å². The summed E-state index contributed by atoms with van der Waals surface area (Å²) in [5.41, 5.74) is -1.06. The second kappa shape index (κ2) is 6.17. The summed E-state index contributed by atoms with van der Waals surface area (Å²) < 4.78 is 9.98. The van der Waals surface area contributed by atoms with Crippen LogP contribution in [0.3, 0.4) is 0 Å². The van der Waals surface area contributed by atoms with Gasteiger partial charge in [-0.05, 0) is 6.92 Å². The molecule has 0 radical (unpaired) electrons. The van der Waals surface area contributed by atoms with Gasteiger partial charge in [0.2, 0.25) is 5.78 Å².